The molecule has 9 rings (SSSR count). The smallest absolute Gasteiger partial charge is 0.407 e. The number of H-pyrrole nitrogens is 2. The maximum Gasteiger partial charge on any atom is 0.407 e. The molecule has 398 valence electrons. The highest BCUT2D eigenvalue weighted by Crippen LogP contribution is 2.50. The second-order valence-corrected chi connectivity index (χ2v) is 22.3. The van der Waals surface area contributed by atoms with Crippen LogP contribution >= 0.6 is 0 Å². The highest BCUT2D eigenvalue weighted by Gasteiger charge is 2.43. The number of rotatable bonds is 12. The number of fused-ring (bicyclic) bond motifs is 2. The summed E-state index contributed by atoms with van der Waals surface area (Å²) in [6.45, 7) is 15.4. The van der Waals surface area contributed by atoms with E-state index < -0.39 is 71.7 Å². The summed E-state index contributed by atoms with van der Waals surface area (Å²) in [4.78, 5) is 74.4. The second kappa shape index (κ2) is 20.6. The monoisotopic (exact) mass is 1030 g/mol. The maximum absolute atomic E-state index is 16.9. The van der Waals surface area contributed by atoms with Crippen molar-refractivity contribution in [3.63, 3.8) is 0 Å². The molecule has 0 spiro atoms. The lowest BCUT2D eigenvalue weighted by molar-refractivity contribution is -0.136. The van der Waals surface area contributed by atoms with Crippen LogP contribution in [0.4, 0.5) is 38.5 Å². The number of carboxylic acid groups (broad SMARTS) is 1. The van der Waals surface area contributed by atoms with Gasteiger partial charge in [0.15, 0.2) is 11.6 Å². The van der Waals surface area contributed by atoms with E-state index in [4.69, 9.17) is 14.7 Å². The lowest BCUT2D eigenvalue weighted by Gasteiger charge is -2.40. The fourth-order valence-electron chi connectivity index (χ4n) is 12.0. The van der Waals surface area contributed by atoms with Gasteiger partial charge in [0.05, 0.1) is 53.3 Å². The number of nitrogens with one attached hydrogen (secondary N) is 4. The van der Waals surface area contributed by atoms with Gasteiger partial charge in [-0.05, 0) is 111 Å². The zero-order chi connectivity index (χ0) is 53.1. The Labute approximate surface area is 428 Å². The first kappa shape index (κ1) is 52.3. The number of nitrogens with zero attached hydrogens (tertiary/aromatic N) is 6. The van der Waals surface area contributed by atoms with Gasteiger partial charge in [-0.15, -0.1) is 0 Å². The largest absolute Gasteiger partial charge is 0.465 e. The van der Waals surface area contributed by atoms with Crippen molar-refractivity contribution in [1.82, 2.24) is 40.4 Å². The van der Waals surface area contributed by atoms with Crippen molar-refractivity contribution in [2.24, 2.45) is 23.2 Å². The molecule has 0 unspecified atom stereocenters. The van der Waals surface area contributed by atoms with E-state index in [2.05, 4.69) is 41.4 Å². The van der Waals surface area contributed by atoms with Crippen molar-refractivity contribution in [3.05, 3.63) is 82.4 Å². The summed E-state index contributed by atoms with van der Waals surface area (Å²) < 4.78 is 72.0. The van der Waals surface area contributed by atoms with Gasteiger partial charge in [-0.3, -0.25) is 9.59 Å². The Kier molecular flexibility index (Phi) is 14.6. The lowest BCUT2D eigenvalue weighted by atomic mass is 9.75. The first-order valence-electron chi connectivity index (χ1n) is 26.0. The van der Waals surface area contributed by atoms with Crippen LogP contribution in [0.25, 0.3) is 22.1 Å². The van der Waals surface area contributed by atoms with E-state index in [1.165, 1.54) is 31.4 Å². The Morgan fingerprint density at radius 3 is 1.53 bits per heavy atom. The predicted octanol–water partition coefficient (Wildman–Crippen LogP) is 10.3. The van der Waals surface area contributed by atoms with Crippen LogP contribution in [0.1, 0.15) is 147 Å². The molecule has 5 N–H and O–H groups in total. The molecule has 74 heavy (non-hydrogen) atoms. The molecule has 4 amide bonds. The fraction of sp³-hybridized carbons (Fsp3) is 0.556. The number of carbonyl (C=O) groups excluding carboxylic acids is 3. The summed E-state index contributed by atoms with van der Waals surface area (Å²) in [7, 11) is 1.23. The highest BCUT2D eigenvalue weighted by molar-refractivity contribution is 5.87. The maximum atomic E-state index is 16.9. The molecule has 0 radical (unpaired) electrons. The van der Waals surface area contributed by atoms with Crippen molar-refractivity contribution >= 4 is 57.4 Å². The second-order valence-electron chi connectivity index (χ2n) is 22.3. The average molecular weight is 1030 g/mol. The number of hydrogen-bond acceptors (Lipinski definition) is 9. The van der Waals surface area contributed by atoms with Crippen molar-refractivity contribution < 1.29 is 46.6 Å². The van der Waals surface area contributed by atoms with Crippen molar-refractivity contribution in [3.8, 4) is 0 Å². The van der Waals surface area contributed by atoms with Crippen LogP contribution in [0.3, 0.4) is 0 Å². The molecular formula is C54H68F4N10O6. The zero-order valence-electron chi connectivity index (χ0n) is 43.3. The van der Waals surface area contributed by atoms with Gasteiger partial charge in [0.2, 0.25) is 11.8 Å². The third-order valence-corrected chi connectivity index (χ3v) is 16.0. The molecule has 0 aliphatic carbocycles. The number of ether oxygens (including phenoxy) is 1. The summed E-state index contributed by atoms with van der Waals surface area (Å²) in [5, 5.41) is 14.5. The molecule has 6 heterocycles. The molecule has 0 bridgehead atoms. The van der Waals surface area contributed by atoms with Crippen LogP contribution in [-0.2, 0) is 14.3 Å². The van der Waals surface area contributed by atoms with E-state index in [1.54, 1.807) is 45.6 Å². The number of methoxy groups -OCH3 is 1. The highest BCUT2D eigenvalue weighted by atomic mass is 19.1. The minimum absolute atomic E-state index is 0.0455. The van der Waals surface area contributed by atoms with E-state index in [0.29, 0.717) is 91.5 Å². The van der Waals surface area contributed by atoms with E-state index >= 15 is 17.6 Å². The van der Waals surface area contributed by atoms with Gasteiger partial charge in [-0.25, -0.2) is 37.1 Å². The number of benzene rings is 3. The summed E-state index contributed by atoms with van der Waals surface area (Å²) in [6.07, 6.45) is 2.42. The Bertz CT molecular complexity index is 2920. The van der Waals surface area contributed by atoms with Crippen LogP contribution < -0.4 is 20.4 Å². The number of imidazole rings is 2. The van der Waals surface area contributed by atoms with Gasteiger partial charge < -0.3 is 50.0 Å². The van der Waals surface area contributed by atoms with E-state index in [0.717, 1.165) is 12.8 Å². The molecule has 4 saturated heterocycles. The van der Waals surface area contributed by atoms with Crippen LogP contribution in [0.5, 0.6) is 0 Å². The third-order valence-electron chi connectivity index (χ3n) is 16.0. The van der Waals surface area contributed by atoms with Crippen LogP contribution in [0.15, 0.2) is 36.4 Å². The fourth-order valence-corrected chi connectivity index (χ4v) is 12.0. The van der Waals surface area contributed by atoms with Gasteiger partial charge >= 0.3 is 12.2 Å². The molecule has 4 aliphatic heterocycles. The van der Waals surface area contributed by atoms with Crippen LogP contribution in [0.2, 0.25) is 0 Å². The van der Waals surface area contributed by atoms with E-state index in [-0.39, 0.29) is 64.4 Å². The van der Waals surface area contributed by atoms with Gasteiger partial charge in [0.25, 0.3) is 0 Å². The molecule has 20 heteroatoms. The van der Waals surface area contributed by atoms with Gasteiger partial charge in [0, 0.05) is 43.0 Å². The third kappa shape index (κ3) is 10.0. The SMILES string of the molecule is COC(=O)N[C@H](C(=O)N1CCC[C@H]1c1nc2cc([C@H]3CC[C@H](c4cc5nc([C@@H]6CCCN6C(=O)[C@@H](NC(=O)O)C(C)C)[nH]c5cc4F)N3c3cc(F)c(N4CCC(C(C)(C)C)CC4)c(F)c3)c(F)cc2[nH]1)C(C)C. The van der Waals surface area contributed by atoms with Gasteiger partial charge in [0.1, 0.15) is 41.1 Å². The summed E-state index contributed by atoms with van der Waals surface area (Å²) >= 11 is 0. The minimum Gasteiger partial charge on any atom is -0.465 e. The number of amides is 4. The number of piperidine rings is 1. The van der Waals surface area contributed by atoms with Crippen molar-refractivity contribution in [2.45, 2.75) is 136 Å². The summed E-state index contributed by atoms with van der Waals surface area (Å²) in [5.41, 5.74) is 1.87. The number of carbonyl (C=O) groups is 4. The Morgan fingerprint density at radius 2 is 1.11 bits per heavy atom. The average Bonchev–Trinajstić information content (AvgIpc) is 4.20. The number of aromatic amines is 2. The standard InChI is InChI=1S/C54H68F4N10O6/c1-27(2)45(63-52(71)72)50(69)66-17-9-11-43(66)48-59-37-23-31(33(55)25-39(37)61-48)41-13-14-42(68(41)30-21-35(57)47(36(58)22-30)65-19-15-29(16-20-65)54(5,6)7)32-24-38-40(26-34(32)56)62-49(60-38)44-12-10-18-67(44)51(70)46(28(3)4)64-53(73)74-8/h21-29,41-46,63H,9-20H2,1-8H3,(H,59,61)(H,60,62)(H,64,73)(H,71,72)/t41-,42-,43+,44+,45+,46+/m1/s1. The van der Waals surface area contributed by atoms with Gasteiger partial charge in [-0.2, -0.15) is 0 Å². The normalized spacial score (nSPS) is 21.6. The Hall–Kier alpha value is -6.60. The van der Waals surface area contributed by atoms with Crippen LogP contribution in [0, 0.1) is 46.4 Å². The first-order chi connectivity index (χ1) is 35.1. The molecule has 16 nitrogen and oxygen atoms in total. The molecule has 5 aromatic rings. The van der Waals surface area contributed by atoms with E-state index in [1.807, 2.05) is 13.8 Å². The minimum atomic E-state index is -1.31. The van der Waals surface area contributed by atoms with Gasteiger partial charge in [-0.1, -0.05) is 48.5 Å². The molecule has 2 aromatic heterocycles. The zero-order valence-corrected chi connectivity index (χ0v) is 43.3. The first-order valence-corrected chi connectivity index (χ1v) is 26.0. The lowest BCUT2D eigenvalue weighted by Crippen LogP contribution is -2.51. The Balaban J connectivity index is 1.08. The molecule has 3 aromatic carbocycles. The molecule has 0 saturated carbocycles. The molecule has 6 atom stereocenters. The molecule has 4 aliphatic rings. The number of likely N-dealkylation sites (tertiary alicyclic amines) is 2. The summed E-state index contributed by atoms with van der Waals surface area (Å²) in [5.74, 6) is -2.86. The number of alkyl carbamates (subject to hydrolysis) is 1. The van der Waals surface area contributed by atoms with Crippen molar-refractivity contribution in [2.75, 3.05) is 43.1 Å². The van der Waals surface area contributed by atoms with E-state index in [9.17, 15) is 24.3 Å². The van der Waals surface area contributed by atoms with Crippen molar-refractivity contribution in [1.29, 1.82) is 0 Å². The summed E-state index contributed by atoms with van der Waals surface area (Å²) in [6, 6.07) is 3.76. The number of hydrogen-bond donors (Lipinski definition) is 5. The number of anilines is 2. The molecule has 4 fully saturated rings. The molecular weight excluding hydrogens is 961 g/mol. The predicted molar refractivity (Wildman–Crippen MR) is 271 cm³/mol. The number of aromatic nitrogens is 4. The number of halogens is 4. The van der Waals surface area contributed by atoms with Crippen LogP contribution in [-0.4, -0.2) is 104 Å². The topological polar surface area (TPSA) is 192 Å². The quantitative estimate of drug-likeness (QED) is 0.0752. The Morgan fingerprint density at radius 1 is 0.649 bits per heavy atom.